The Kier molecular flexibility index (Phi) is 7.45. The molecule has 0 bridgehead atoms. The van der Waals surface area contributed by atoms with E-state index in [0.29, 0.717) is 43.4 Å². The van der Waals surface area contributed by atoms with Crippen molar-refractivity contribution in [2.45, 2.75) is 43.5 Å². The Morgan fingerprint density at radius 2 is 1.69 bits per heavy atom. The van der Waals surface area contributed by atoms with Crippen LogP contribution in [0, 0.1) is 11.8 Å². The second-order valence-corrected chi connectivity index (χ2v) is 11.5. The third-order valence-electron chi connectivity index (χ3n) is 6.55. The molecule has 0 radical (unpaired) electrons. The number of amides is 1. The van der Waals surface area contributed by atoms with Crippen LogP contribution < -0.4 is 0 Å². The lowest BCUT2D eigenvalue weighted by Crippen LogP contribution is -2.45. The summed E-state index contributed by atoms with van der Waals surface area (Å²) in [6.07, 6.45) is 4.60. The zero-order valence-electron chi connectivity index (χ0n) is 17.9. The summed E-state index contributed by atoms with van der Waals surface area (Å²) in [6, 6.07) is 14.5. The maximum absolute atomic E-state index is 13.4. The van der Waals surface area contributed by atoms with Crippen LogP contribution in [0.25, 0.3) is 0 Å². The predicted octanol–water partition coefficient (Wildman–Crippen LogP) is 5.22. The lowest BCUT2D eigenvalue weighted by atomic mass is 9.84. The third-order valence-corrected chi connectivity index (χ3v) is 9.16. The van der Waals surface area contributed by atoms with Gasteiger partial charge in [-0.3, -0.25) is 4.79 Å². The molecule has 0 N–H and O–H groups in total. The van der Waals surface area contributed by atoms with Gasteiger partial charge in [-0.25, -0.2) is 8.42 Å². The number of hydrogen-bond donors (Lipinski definition) is 0. The molecule has 2 aromatic rings. The topological polar surface area (TPSA) is 57.7 Å². The van der Waals surface area contributed by atoms with Crippen molar-refractivity contribution in [2.24, 2.45) is 11.8 Å². The van der Waals surface area contributed by atoms with Crippen molar-refractivity contribution in [3.05, 3.63) is 64.1 Å². The average molecular weight is 495 g/mol. The molecule has 0 unspecified atom stereocenters. The summed E-state index contributed by atoms with van der Waals surface area (Å²) in [4.78, 5) is 15.4. The predicted molar refractivity (Wildman–Crippen MR) is 127 cm³/mol. The van der Waals surface area contributed by atoms with E-state index in [1.807, 2.05) is 35.2 Å². The number of halogens is 2. The molecule has 2 fully saturated rings. The van der Waals surface area contributed by atoms with Crippen molar-refractivity contribution < 1.29 is 13.2 Å². The van der Waals surface area contributed by atoms with Gasteiger partial charge in [-0.1, -0.05) is 60.0 Å². The van der Waals surface area contributed by atoms with Crippen LogP contribution in [0.2, 0.25) is 10.0 Å². The Balaban J connectivity index is 1.43. The summed E-state index contributed by atoms with van der Waals surface area (Å²) in [5, 5.41) is 0.479. The van der Waals surface area contributed by atoms with E-state index in [0.717, 1.165) is 12.1 Å². The summed E-state index contributed by atoms with van der Waals surface area (Å²) in [7, 11) is -3.75. The largest absolute Gasteiger partial charge is 0.338 e. The van der Waals surface area contributed by atoms with E-state index >= 15 is 0 Å². The summed E-state index contributed by atoms with van der Waals surface area (Å²) < 4.78 is 27.6. The highest BCUT2D eigenvalue weighted by Gasteiger charge is 2.35. The quantitative estimate of drug-likeness (QED) is 0.529. The lowest BCUT2D eigenvalue weighted by molar-refractivity contribution is -0.138. The normalized spacial score (nSPS) is 18.3. The fourth-order valence-electron chi connectivity index (χ4n) is 4.44. The van der Waals surface area contributed by atoms with Crippen molar-refractivity contribution in [1.82, 2.24) is 9.21 Å². The minimum absolute atomic E-state index is 0.0205. The number of sulfonamides is 1. The summed E-state index contributed by atoms with van der Waals surface area (Å²) in [6.45, 7) is 1.98. The monoisotopic (exact) mass is 494 g/mol. The minimum Gasteiger partial charge on any atom is -0.338 e. The molecule has 0 spiro atoms. The average Bonchev–Trinajstić information content (AvgIpc) is 2.77. The van der Waals surface area contributed by atoms with Gasteiger partial charge < -0.3 is 4.90 Å². The van der Waals surface area contributed by atoms with Crippen LogP contribution in [-0.4, -0.2) is 43.2 Å². The first-order valence-corrected chi connectivity index (χ1v) is 13.3. The molecule has 4 rings (SSSR count). The van der Waals surface area contributed by atoms with Crippen LogP contribution in [0.1, 0.15) is 37.7 Å². The van der Waals surface area contributed by atoms with Gasteiger partial charge in [0.2, 0.25) is 15.9 Å². The van der Waals surface area contributed by atoms with Gasteiger partial charge in [0.25, 0.3) is 0 Å². The molecule has 2 aliphatic rings. The van der Waals surface area contributed by atoms with Gasteiger partial charge in [0.15, 0.2) is 0 Å². The highest BCUT2D eigenvalue weighted by Crippen LogP contribution is 2.32. The molecule has 0 aromatic heterocycles. The second kappa shape index (κ2) is 10.1. The van der Waals surface area contributed by atoms with E-state index in [9.17, 15) is 13.2 Å². The van der Waals surface area contributed by atoms with E-state index in [2.05, 4.69) is 0 Å². The van der Waals surface area contributed by atoms with E-state index in [4.69, 9.17) is 23.2 Å². The van der Waals surface area contributed by atoms with Crippen LogP contribution in [0.3, 0.4) is 0 Å². The van der Waals surface area contributed by atoms with E-state index in [1.165, 1.54) is 35.7 Å². The zero-order valence-corrected chi connectivity index (χ0v) is 20.2. The van der Waals surface area contributed by atoms with Crippen LogP contribution in [0.5, 0.6) is 0 Å². The number of carbonyl (C=O) groups excluding carboxylic acids is 1. The Labute approximate surface area is 200 Å². The molecule has 1 aliphatic heterocycles. The van der Waals surface area contributed by atoms with Gasteiger partial charge in [0, 0.05) is 37.1 Å². The molecule has 8 heteroatoms. The van der Waals surface area contributed by atoms with Gasteiger partial charge in [-0.2, -0.15) is 4.31 Å². The minimum atomic E-state index is -3.75. The Bertz CT molecular complexity index is 1050. The van der Waals surface area contributed by atoms with Crippen molar-refractivity contribution >= 4 is 39.1 Å². The number of hydrogen-bond acceptors (Lipinski definition) is 3. The molecule has 1 amide bonds. The number of piperidine rings is 1. The molecule has 5 nitrogen and oxygen atoms in total. The molecule has 1 saturated heterocycles. The third kappa shape index (κ3) is 5.30. The molecule has 172 valence electrons. The fraction of sp³-hybridized carbons (Fsp3) is 0.458. The molecular formula is C24H28Cl2N2O3S. The molecule has 2 aromatic carbocycles. The van der Waals surface area contributed by atoms with Gasteiger partial charge in [0.1, 0.15) is 4.90 Å². The summed E-state index contributed by atoms with van der Waals surface area (Å²) >= 11 is 12.1. The number of rotatable bonds is 7. The first-order valence-electron chi connectivity index (χ1n) is 11.1. The Morgan fingerprint density at radius 1 is 1.00 bits per heavy atom. The Hall–Kier alpha value is -1.60. The molecule has 1 heterocycles. The van der Waals surface area contributed by atoms with Crippen molar-refractivity contribution in [3.63, 3.8) is 0 Å². The lowest BCUT2D eigenvalue weighted by Gasteiger charge is -2.37. The molecule has 0 atom stereocenters. The Morgan fingerprint density at radius 3 is 2.31 bits per heavy atom. The van der Waals surface area contributed by atoms with E-state index in [-0.39, 0.29) is 21.7 Å². The number of carbonyl (C=O) groups is 1. The van der Waals surface area contributed by atoms with Gasteiger partial charge in [-0.15, -0.1) is 0 Å². The zero-order chi connectivity index (χ0) is 22.7. The van der Waals surface area contributed by atoms with Gasteiger partial charge in [-0.05, 0) is 55.4 Å². The van der Waals surface area contributed by atoms with Crippen LogP contribution in [-0.2, 0) is 21.4 Å². The van der Waals surface area contributed by atoms with E-state index < -0.39 is 10.0 Å². The molecule has 1 saturated carbocycles. The number of nitrogens with zero attached hydrogens (tertiary/aromatic N) is 2. The van der Waals surface area contributed by atoms with Crippen LogP contribution in [0.4, 0.5) is 0 Å². The maximum atomic E-state index is 13.4. The first kappa shape index (κ1) is 23.6. The van der Waals surface area contributed by atoms with Gasteiger partial charge in [0.05, 0.1) is 5.02 Å². The van der Waals surface area contributed by atoms with Crippen molar-refractivity contribution in [1.29, 1.82) is 0 Å². The number of benzene rings is 2. The highest BCUT2D eigenvalue weighted by molar-refractivity contribution is 7.89. The van der Waals surface area contributed by atoms with E-state index in [1.54, 1.807) is 6.07 Å². The standard InChI is InChI=1S/C24H28Cl2N2O3S/c25-21-9-10-22(26)23(15-21)32(30,31)28-13-11-20(12-14-28)24(29)27(17-19-7-4-8-19)16-18-5-2-1-3-6-18/h1-3,5-6,9-10,15,19-20H,4,7-8,11-14,16-17H2. The van der Waals surface area contributed by atoms with Crippen molar-refractivity contribution in [2.75, 3.05) is 19.6 Å². The molecular weight excluding hydrogens is 467 g/mol. The fourth-order valence-corrected chi connectivity index (χ4v) is 6.65. The molecule has 32 heavy (non-hydrogen) atoms. The highest BCUT2D eigenvalue weighted by atomic mass is 35.5. The van der Waals surface area contributed by atoms with Crippen LogP contribution >= 0.6 is 23.2 Å². The molecule has 1 aliphatic carbocycles. The van der Waals surface area contributed by atoms with Gasteiger partial charge >= 0.3 is 0 Å². The first-order chi connectivity index (χ1) is 15.3. The van der Waals surface area contributed by atoms with Crippen molar-refractivity contribution in [3.8, 4) is 0 Å². The second-order valence-electron chi connectivity index (χ2n) is 8.75. The van der Waals surface area contributed by atoms with Crippen LogP contribution in [0.15, 0.2) is 53.4 Å². The maximum Gasteiger partial charge on any atom is 0.244 e. The summed E-state index contributed by atoms with van der Waals surface area (Å²) in [5.41, 5.74) is 1.12. The SMILES string of the molecule is O=C(C1CCN(S(=O)(=O)c2cc(Cl)ccc2Cl)CC1)N(Cc1ccccc1)CC1CCC1. The smallest absolute Gasteiger partial charge is 0.244 e. The summed E-state index contributed by atoms with van der Waals surface area (Å²) in [5.74, 6) is 0.548.